The second-order valence-corrected chi connectivity index (χ2v) is 7.17. The normalized spacial score (nSPS) is 32.1. The number of nitrogens with zero attached hydrogens (tertiary/aromatic N) is 1. The molecule has 0 unspecified atom stereocenters. The second kappa shape index (κ2) is 5.73. The highest BCUT2D eigenvalue weighted by molar-refractivity contribution is 4.88. The van der Waals surface area contributed by atoms with Gasteiger partial charge in [0.1, 0.15) is 0 Å². The van der Waals surface area contributed by atoms with Crippen molar-refractivity contribution in [1.82, 2.24) is 4.90 Å². The summed E-state index contributed by atoms with van der Waals surface area (Å²) in [5, 5.41) is 0. The molecule has 1 saturated carbocycles. The highest BCUT2D eigenvalue weighted by Crippen LogP contribution is 2.37. The van der Waals surface area contributed by atoms with Crippen molar-refractivity contribution < 1.29 is 0 Å². The fourth-order valence-electron chi connectivity index (χ4n) is 3.79. The van der Waals surface area contributed by atoms with Gasteiger partial charge in [-0.2, -0.15) is 0 Å². The Hall–Kier alpha value is -0.0400. The molecule has 0 aromatic carbocycles. The molecule has 0 aromatic rings. The quantitative estimate of drug-likeness (QED) is 0.709. The third kappa shape index (κ3) is 3.24. The first-order chi connectivity index (χ1) is 8.08. The van der Waals surface area contributed by atoms with E-state index in [-0.39, 0.29) is 0 Å². The van der Waals surface area contributed by atoms with Crippen molar-refractivity contribution in [3.05, 3.63) is 0 Å². The van der Waals surface area contributed by atoms with Crippen molar-refractivity contribution in [2.75, 3.05) is 13.1 Å². The lowest BCUT2D eigenvalue weighted by Gasteiger charge is -2.47. The second-order valence-electron chi connectivity index (χ2n) is 7.17. The molecule has 100 valence electrons. The van der Waals surface area contributed by atoms with E-state index in [0.717, 1.165) is 29.7 Å². The Morgan fingerprint density at radius 2 is 1.76 bits per heavy atom. The predicted molar refractivity (Wildman–Crippen MR) is 75.1 cm³/mol. The van der Waals surface area contributed by atoms with Gasteiger partial charge in [-0.15, -0.1) is 0 Å². The van der Waals surface area contributed by atoms with Gasteiger partial charge >= 0.3 is 0 Å². The molecule has 1 heteroatoms. The Kier molecular flexibility index (Phi) is 4.52. The van der Waals surface area contributed by atoms with Gasteiger partial charge in [0.25, 0.3) is 0 Å². The molecular weight excluding hydrogens is 206 g/mol. The van der Waals surface area contributed by atoms with Crippen LogP contribution in [0.5, 0.6) is 0 Å². The third-order valence-electron chi connectivity index (χ3n) is 5.06. The minimum atomic E-state index is 0.863. The highest BCUT2D eigenvalue weighted by Gasteiger charge is 2.35. The Bertz CT molecular complexity index is 230. The van der Waals surface area contributed by atoms with E-state index in [9.17, 15) is 0 Å². The Morgan fingerprint density at radius 1 is 1.06 bits per heavy atom. The van der Waals surface area contributed by atoms with Crippen molar-refractivity contribution in [1.29, 1.82) is 0 Å². The minimum Gasteiger partial charge on any atom is -0.300 e. The van der Waals surface area contributed by atoms with Gasteiger partial charge in [-0.05, 0) is 55.9 Å². The molecule has 1 saturated heterocycles. The molecule has 1 aliphatic heterocycles. The summed E-state index contributed by atoms with van der Waals surface area (Å²) < 4.78 is 0. The summed E-state index contributed by atoms with van der Waals surface area (Å²) in [6.45, 7) is 12.4. The van der Waals surface area contributed by atoms with Crippen LogP contribution < -0.4 is 0 Å². The molecule has 1 aliphatic carbocycles. The standard InChI is InChI=1S/C16H31N/c1-12(2)10-14-8-9-17(15-6-5-7-15)11-16(14)13(3)4/h12-16H,5-11H2,1-4H3/t14-,16+/m1/s1. The summed E-state index contributed by atoms with van der Waals surface area (Å²) in [7, 11) is 0. The maximum Gasteiger partial charge on any atom is 0.00953 e. The van der Waals surface area contributed by atoms with Crippen LogP contribution >= 0.6 is 0 Å². The van der Waals surface area contributed by atoms with Gasteiger partial charge in [0.05, 0.1) is 0 Å². The van der Waals surface area contributed by atoms with E-state index in [4.69, 9.17) is 0 Å². The molecule has 2 rings (SSSR count). The van der Waals surface area contributed by atoms with Gasteiger partial charge in [-0.25, -0.2) is 0 Å². The zero-order valence-corrected chi connectivity index (χ0v) is 12.3. The zero-order valence-electron chi connectivity index (χ0n) is 12.3. The number of hydrogen-bond acceptors (Lipinski definition) is 1. The molecule has 1 nitrogen and oxygen atoms in total. The minimum absolute atomic E-state index is 0.863. The van der Waals surface area contributed by atoms with Crippen molar-refractivity contribution in [2.45, 2.75) is 65.8 Å². The van der Waals surface area contributed by atoms with E-state index in [1.54, 1.807) is 0 Å². The van der Waals surface area contributed by atoms with Gasteiger partial charge in [0.15, 0.2) is 0 Å². The van der Waals surface area contributed by atoms with Gasteiger partial charge in [0, 0.05) is 12.6 Å². The van der Waals surface area contributed by atoms with Crippen LogP contribution in [0.1, 0.15) is 59.8 Å². The summed E-state index contributed by atoms with van der Waals surface area (Å²) in [4.78, 5) is 2.81. The molecule has 0 radical (unpaired) electrons. The molecule has 2 fully saturated rings. The topological polar surface area (TPSA) is 3.24 Å². The lowest BCUT2D eigenvalue weighted by molar-refractivity contribution is 0.0235. The van der Waals surface area contributed by atoms with Gasteiger partial charge in [0.2, 0.25) is 0 Å². The van der Waals surface area contributed by atoms with Crippen LogP contribution in [-0.4, -0.2) is 24.0 Å². The maximum atomic E-state index is 2.81. The Labute approximate surface area is 108 Å². The van der Waals surface area contributed by atoms with Crippen LogP contribution in [0.15, 0.2) is 0 Å². The maximum absolute atomic E-state index is 2.81. The summed E-state index contributed by atoms with van der Waals surface area (Å²) >= 11 is 0. The largest absolute Gasteiger partial charge is 0.300 e. The first-order valence-corrected chi connectivity index (χ1v) is 7.82. The molecule has 0 spiro atoms. The highest BCUT2D eigenvalue weighted by atomic mass is 15.2. The molecule has 17 heavy (non-hydrogen) atoms. The van der Waals surface area contributed by atoms with Crippen molar-refractivity contribution in [3.8, 4) is 0 Å². The molecule has 2 atom stereocenters. The molecule has 0 aromatic heterocycles. The summed E-state index contributed by atoms with van der Waals surface area (Å²) in [5.74, 6) is 3.68. The molecule has 0 N–H and O–H groups in total. The molecule has 0 bridgehead atoms. The van der Waals surface area contributed by atoms with Gasteiger partial charge < -0.3 is 4.90 Å². The van der Waals surface area contributed by atoms with E-state index < -0.39 is 0 Å². The lowest BCUT2D eigenvalue weighted by atomic mass is 9.73. The van der Waals surface area contributed by atoms with Gasteiger partial charge in [-0.1, -0.05) is 34.1 Å². The molecule has 1 heterocycles. The first kappa shape index (κ1) is 13.4. The Morgan fingerprint density at radius 3 is 2.24 bits per heavy atom. The van der Waals surface area contributed by atoms with E-state index in [1.165, 1.54) is 45.2 Å². The van der Waals surface area contributed by atoms with Crippen LogP contribution in [0.25, 0.3) is 0 Å². The van der Waals surface area contributed by atoms with Crippen LogP contribution in [-0.2, 0) is 0 Å². The smallest absolute Gasteiger partial charge is 0.00953 e. The van der Waals surface area contributed by atoms with Crippen molar-refractivity contribution in [2.24, 2.45) is 23.7 Å². The van der Waals surface area contributed by atoms with Crippen molar-refractivity contribution >= 4 is 0 Å². The molecule has 2 aliphatic rings. The average Bonchev–Trinajstić information content (AvgIpc) is 2.16. The number of hydrogen-bond donors (Lipinski definition) is 0. The fraction of sp³-hybridized carbons (Fsp3) is 1.00. The number of likely N-dealkylation sites (tertiary alicyclic amines) is 1. The summed E-state index contributed by atoms with van der Waals surface area (Å²) in [6, 6.07) is 0.955. The lowest BCUT2D eigenvalue weighted by Crippen LogP contribution is -2.49. The SMILES string of the molecule is CC(C)C[C@H]1CCN(C2CCC2)C[C@H]1C(C)C. The van der Waals surface area contributed by atoms with E-state index in [0.29, 0.717) is 0 Å². The van der Waals surface area contributed by atoms with E-state index in [2.05, 4.69) is 32.6 Å². The first-order valence-electron chi connectivity index (χ1n) is 7.82. The average molecular weight is 237 g/mol. The molecule has 0 amide bonds. The third-order valence-corrected chi connectivity index (χ3v) is 5.06. The summed E-state index contributed by atoms with van der Waals surface area (Å²) in [6.07, 6.45) is 7.32. The number of piperidine rings is 1. The van der Waals surface area contributed by atoms with E-state index in [1.807, 2.05) is 0 Å². The van der Waals surface area contributed by atoms with Gasteiger partial charge in [-0.3, -0.25) is 0 Å². The summed E-state index contributed by atoms with van der Waals surface area (Å²) in [5.41, 5.74) is 0. The van der Waals surface area contributed by atoms with Crippen LogP contribution in [0.2, 0.25) is 0 Å². The molecular formula is C16H31N. The number of rotatable bonds is 4. The monoisotopic (exact) mass is 237 g/mol. The van der Waals surface area contributed by atoms with E-state index >= 15 is 0 Å². The Balaban J connectivity index is 1.92. The predicted octanol–water partition coefficient (Wildman–Crippen LogP) is 4.18. The van der Waals surface area contributed by atoms with Crippen molar-refractivity contribution in [3.63, 3.8) is 0 Å². The zero-order chi connectivity index (χ0) is 12.4. The van der Waals surface area contributed by atoms with Crippen LogP contribution in [0.3, 0.4) is 0 Å². The fourth-order valence-corrected chi connectivity index (χ4v) is 3.79. The van der Waals surface area contributed by atoms with Crippen LogP contribution in [0, 0.1) is 23.7 Å². The van der Waals surface area contributed by atoms with Crippen LogP contribution in [0.4, 0.5) is 0 Å².